The second kappa shape index (κ2) is 8.85. The van der Waals surface area contributed by atoms with Crippen molar-refractivity contribution < 1.29 is 9.18 Å². The Bertz CT molecular complexity index is 1180. The highest BCUT2D eigenvalue weighted by Gasteiger charge is 2.26. The summed E-state index contributed by atoms with van der Waals surface area (Å²) in [4.78, 5) is 32.5. The smallest absolute Gasteiger partial charge is 0.257 e. The van der Waals surface area contributed by atoms with E-state index >= 15 is 0 Å². The third-order valence-electron chi connectivity index (χ3n) is 5.43. The van der Waals surface area contributed by atoms with Crippen molar-refractivity contribution in [1.29, 1.82) is 0 Å². The van der Waals surface area contributed by atoms with Crippen molar-refractivity contribution in [2.45, 2.75) is 31.7 Å². The summed E-state index contributed by atoms with van der Waals surface area (Å²) in [5.41, 5.74) is 6.73. The molecular weight excluding hydrogens is 421 g/mol. The number of carbonyl (C=O) groups excluding carboxylic acids is 1. The number of carbonyl (C=O) groups is 1. The van der Waals surface area contributed by atoms with Gasteiger partial charge in [0.25, 0.3) is 5.56 Å². The fraction of sp³-hybridized carbons (Fsp3) is 0.273. The zero-order valence-electron chi connectivity index (χ0n) is 16.6. The van der Waals surface area contributed by atoms with Gasteiger partial charge in [-0.25, -0.2) is 14.4 Å². The van der Waals surface area contributed by atoms with Crippen molar-refractivity contribution >= 4 is 23.5 Å². The first-order valence-electron chi connectivity index (χ1n) is 9.98. The van der Waals surface area contributed by atoms with Crippen LogP contribution in [0.5, 0.6) is 0 Å². The molecule has 3 aromatic rings. The van der Waals surface area contributed by atoms with Crippen LogP contribution in [0, 0.1) is 11.7 Å². The minimum absolute atomic E-state index is 0.0457. The summed E-state index contributed by atoms with van der Waals surface area (Å²) < 4.78 is 14.6. The van der Waals surface area contributed by atoms with Gasteiger partial charge in [0.1, 0.15) is 5.82 Å². The summed E-state index contributed by atoms with van der Waals surface area (Å²) in [5.74, 6) is -0.618. The van der Waals surface area contributed by atoms with Crippen molar-refractivity contribution in [1.82, 2.24) is 14.5 Å². The highest BCUT2D eigenvalue weighted by atomic mass is 35.5. The Labute approximate surface area is 183 Å². The third kappa shape index (κ3) is 4.74. The summed E-state index contributed by atoms with van der Waals surface area (Å²) in [7, 11) is 0. The predicted molar refractivity (Wildman–Crippen MR) is 117 cm³/mol. The van der Waals surface area contributed by atoms with Crippen LogP contribution >= 0.6 is 11.6 Å². The summed E-state index contributed by atoms with van der Waals surface area (Å²) in [5, 5.41) is 3.63. The summed E-state index contributed by atoms with van der Waals surface area (Å²) in [6.45, 7) is 0. The number of hydrogen-bond acceptors (Lipinski definition) is 5. The summed E-state index contributed by atoms with van der Waals surface area (Å²) in [6.07, 6.45) is 6.13. The van der Waals surface area contributed by atoms with Crippen molar-refractivity contribution in [3.8, 4) is 16.9 Å². The van der Waals surface area contributed by atoms with E-state index in [2.05, 4.69) is 15.3 Å². The number of amides is 1. The van der Waals surface area contributed by atoms with E-state index in [1.165, 1.54) is 23.0 Å². The lowest BCUT2D eigenvalue weighted by molar-refractivity contribution is -0.122. The van der Waals surface area contributed by atoms with Crippen molar-refractivity contribution in [3.05, 3.63) is 70.0 Å². The van der Waals surface area contributed by atoms with Crippen molar-refractivity contribution in [2.75, 3.05) is 5.32 Å². The molecule has 3 N–H and O–H groups in total. The molecule has 0 aliphatic heterocycles. The van der Waals surface area contributed by atoms with Gasteiger partial charge in [-0.1, -0.05) is 30.2 Å². The van der Waals surface area contributed by atoms with Crippen molar-refractivity contribution in [3.63, 3.8) is 0 Å². The highest BCUT2D eigenvalue weighted by Crippen LogP contribution is 2.29. The van der Waals surface area contributed by atoms with Crippen LogP contribution < -0.4 is 16.6 Å². The first-order chi connectivity index (χ1) is 14.9. The van der Waals surface area contributed by atoms with E-state index in [9.17, 15) is 14.0 Å². The average molecular weight is 442 g/mol. The normalized spacial score (nSPS) is 18.5. The Hall–Kier alpha value is -3.26. The molecule has 2 atom stereocenters. The molecule has 1 saturated carbocycles. The number of nitrogens with zero attached hydrogens (tertiary/aromatic N) is 3. The molecule has 1 amide bonds. The molecule has 9 heteroatoms. The Morgan fingerprint density at radius 2 is 2.10 bits per heavy atom. The van der Waals surface area contributed by atoms with Crippen LogP contribution in [0.25, 0.3) is 16.9 Å². The van der Waals surface area contributed by atoms with Crippen LogP contribution in [0.2, 0.25) is 5.02 Å². The van der Waals surface area contributed by atoms with Gasteiger partial charge in [-0.05, 0) is 37.5 Å². The molecule has 0 radical (unpaired) electrons. The fourth-order valence-corrected chi connectivity index (χ4v) is 4.07. The van der Waals surface area contributed by atoms with Gasteiger partial charge in [-0.15, -0.1) is 0 Å². The molecule has 0 unspecified atom stereocenters. The minimum atomic E-state index is -0.590. The van der Waals surface area contributed by atoms with Crippen LogP contribution in [0.3, 0.4) is 0 Å². The average Bonchev–Trinajstić information content (AvgIpc) is 2.75. The predicted octanol–water partition coefficient (Wildman–Crippen LogP) is 3.54. The van der Waals surface area contributed by atoms with Crippen molar-refractivity contribution in [2.24, 2.45) is 11.7 Å². The molecule has 0 spiro atoms. The molecule has 2 heterocycles. The van der Waals surface area contributed by atoms with E-state index in [-0.39, 0.29) is 17.9 Å². The molecule has 1 fully saturated rings. The number of primary amides is 1. The number of nitrogens with two attached hydrogens (primary N) is 1. The third-order valence-corrected chi connectivity index (χ3v) is 5.71. The van der Waals surface area contributed by atoms with Gasteiger partial charge in [-0.2, -0.15) is 0 Å². The monoisotopic (exact) mass is 441 g/mol. The van der Waals surface area contributed by atoms with Gasteiger partial charge >= 0.3 is 0 Å². The largest absolute Gasteiger partial charge is 0.369 e. The standard InChI is InChI=1S/C22H21ClFN5O2/c23-18-12-26-22(27-16-5-1-4-14(9-16)21(25)31)28-20(18)13-3-2-6-17(10-13)29-8-7-15(24)11-19(29)30/h2-3,6-8,10-12,14,16H,1,4-5,9H2,(H2,25,31)(H,26,27,28)/t14-,16+/m1/s1. The Kier molecular flexibility index (Phi) is 5.99. The number of hydrogen-bond donors (Lipinski definition) is 2. The Morgan fingerprint density at radius 3 is 2.87 bits per heavy atom. The van der Waals surface area contributed by atoms with E-state index in [1.807, 2.05) is 6.07 Å². The molecule has 7 nitrogen and oxygen atoms in total. The molecular formula is C22H21ClFN5O2. The number of pyridine rings is 1. The lowest BCUT2D eigenvalue weighted by atomic mass is 9.85. The van der Waals surface area contributed by atoms with Crippen LogP contribution in [-0.2, 0) is 4.79 Å². The minimum Gasteiger partial charge on any atom is -0.369 e. The lowest BCUT2D eigenvalue weighted by Crippen LogP contribution is -2.34. The SMILES string of the molecule is NC(=O)[C@@H]1CCC[C@H](Nc2ncc(Cl)c(-c3cccc(-n4ccc(F)cc4=O)c3)n2)C1. The Balaban J connectivity index is 1.62. The van der Waals surface area contributed by atoms with E-state index in [0.717, 1.165) is 25.3 Å². The zero-order chi connectivity index (χ0) is 22.0. The maximum absolute atomic E-state index is 13.3. The lowest BCUT2D eigenvalue weighted by Gasteiger charge is -2.28. The van der Waals surface area contributed by atoms with Gasteiger partial charge in [0.15, 0.2) is 0 Å². The van der Waals surface area contributed by atoms with Crippen LogP contribution in [0.4, 0.5) is 10.3 Å². The molecule has 160 valence electrons. The first kappa shape index (κ1) is 21.0. The molecule has 1 aromatic carbocycles. The molecule has 1 aliphatic rings. The molecule has 1 aliphatic carbocycles. The Morgan fingerprint density at radius 1 is 1.26 bits per heavy atom. The maximum Gasteiger partial charge on any atom is 0.257 e. The molecule has 4 rings (SSSR count). The summed E-state index contributed by atoms with van der Waals surface area (Å²) >= 11 is 6.36. The van der Waals surface area contributed by atoms with E-state index < -0.39 is 11.4 Å². The van der Waals surface area contributed by atoms with Crippen LogP contribution in [0.15, 0.2) is 53.6 Å². The molecule has 31 heavy (non-hydrogen) atoms. The van der Waals surface area contributed by atoms with E-state index in [0.29, 0.717) is 34.3 Å². The van der Waals surface area contributed by atoms with Gasteiger partial charge in [-0.3, -0.25) is 14.2 Å². The van der Waals surface area contributed by atoms with E-state index in [1.54, 1.807) is 18.2 Å². The number of aromatic nitrogens is 3. The van der Waals surface area contributed by atoms with Gasteiger partial charge in [0.05, 0.1) is 16.9 Å². The van der Waals surface area contributed by atoms with Crippen LogP contribution in [0.1, 0.15) is 25.7 Å². The number of rotatable bonds is 5. The quantitative estimate of drug-likeness (QED) is 0.630. The van der Waals surface area contributed by atoms with Gasteiger partial charge < -0.3 is 11.1 Å². The number of halogens is 2. The molecule has 0 saturated heterocycles. The summed E-state index contributed by atoms with van der Waals surface area (Å²) in [6, 6.07) is 9.27. The first-order valence-corrected chi connectivity index (χ1v) is 10.4. The molecule has 2 aromatic heterocycles. The van der Waals surface area contributed by atoms with E-state index in [4.69, 9.17) is 17.3 Å². The number of anilines is 1. The van der Waals surface area contributed by atoms with Gasteiger partial charge in [0.2, 0.25) is 11.9 Å². The fourth-order valence-electron chi connectivity index (χ4n) is 3.87. The van der Waals surface area contributed by atoms with Gasteiger partial charge in [0, 0.05) is 35.5 Å². The zero-order valence-corrected chi connectivity index (χ0v) is 17.3. The number of benzene rings is 1. The number of nitrogens with one attached hydrogen (secondary N) is 1. The second-order valence-corrected chi connectivity index (χ2v) is 8.01. The second-order valence-electron chi connectivity index (χ2n) is 7.60. The topological polar surface area (TPSA) is 103 Å². The molecule has 0 bridgehead atoms. The highest BCUT2D eigenvalue weighted by molar-refractivity contribution is 6.32. The van der Waals surface area contributed by atoms with Crippen LogP contribution in [-0.4, -0.2) is 26.5 Å². The maximum atomic E-state index is 13.3.